The van der Waals surface area contributed by atoms with Gasteiger partial charge in [-0.15, -0.1) is 0 Å². The van der Waals surface area contributed by atoms with Crippen LogP contribution in [0.3, 0.4) is 0 Å². The molecule has 5 heteroatoms. The van der Waals surface area contributed by atoms with E-state index in [1.165, 1.54) is 17.7 Å². The summed E-state index contributed by atoms with van der Waals surface area (Å²) in [7, 11) is -3.72. The van der Waals surface area contributed by atoms with Crippen molar-refractivity contribution in [2.75, 3.05) is 0 Å². The molecular weight excluding hydrogens is 262 g/mol. The van der Waals surface area contributed by atoms with Gasteiger partial charge in [-0.1, -0.05) is 61.2 Å². The van der Waals surface area contributed by atoms with E-state index < -0.39 is 10.1 Å². The van der Waals surface area contributed by atoms with Crippen LogP contribution in [0.2, 0.25) is 0 Å². The average Bonchev–Trinajstić information content (AvgIpc) is 2.49. The number of benzene rings is 2. The third kappa shape index (κ3) is 5.05. The predicted molar refractivity (Wildman–Crippen MR) is 75.4 cm³/mol. The largest absolute Gasteiger partial charge is 0.312 e. The van der Waals surface area contributed by atoms with E-state index in [0.29, 0.717) is 0 Å². The Morgan fingerprint density at radius 3 is 1.79 bits per heavy atom. The summed E-state index contributed by atoms with van der Waals surface area (Å²) in [6, 6.07) is 17.7. The molecule has 0 bridgehead atoms. The zero-order valence-electron chi connectivity index (χ0n) is 10.3. The first-order valence-corrected chi connectivity index (χ1v) is 6.87. The maximum Gasteiger partial charge on any atom is 0.312 e. The molecule has 4 nitrogen and oxygen atoms in total. The molecule has 100 valence electrons. The van der Waals surface area contributed by atoms with E-state index in [-0.39, 0.29) is 4.90 Å². The SMILES string of the molecule is C=Cc1ccccc1.NOS(=O)(=O)c1ccccc1. The van der Waals surface area contributed by atoms with E-state index in [4.69, 9.17) is 0 Å². The highest BCUT2D eigenvalue weighted by Gasteiger charge is 2.11. The van der Waals surface area contributed by atoms with Gasteiger partial charge >= 0.3 is 10.1 Å². The Labute approximate surface area is 113 Å². The number of hydrogen-bond donors (Lipinski definition) is 1. The maximum atomic E-state index is 10.9. The van der Waals surface area contributed by atoms with Crippen LogP contribution in [-0.2, 0) is 14.4 Å². The van der Waals surface area contributed by atoms with Crippen molar-refractivity contribution in [1.82, 2.24) is 0 Å². The van der Waals surface area contributed by atoms with Crippen LogP contribution in [0.15, 0.2) is 72.1 Å². The van der Waals surface area contributed by atoms with Gasteiger partial charge in [-0.3, -0.25) is 0 Å². The molecule has 0 atom stereocenters. The van der Waals surface area contributed by atoms with Gasteiger partial charge in [0.15, 0.2) is 0 Å². The lowest BCUT2D eigenvalue weighted by atomic mass is 10.2. The molecular formula is C14H15NO3S. The summed E-state index contributed by atoms with van der Waals surface area (Å²) in [5.74, 6) is 4.55. The predicted octanol–water partition coefficient (Wildman–Crippen LogP) is 2.60. The summed E-state index contributed by atoms with van der Waals surface area (Å²) in [5.41, 5.74) is 1.17. The molecule has 2 N–H and O–H groups in total. The van der Waals surface area contributed by atoms with E-state index in [1.807, 2.05) is 36.4 Å². The molecule has 0 aliphatic carbocycles. The fraction of sp³-hybridized carbons (Fsp3) is 0. The molecule has 2 aromatic rings. The molecule has 0 fully saturated rings. The smallest absolute Gasteiger partial charge is 0.197 e. The van der Waals surface area contributed by atoms with Crippen molar-refractivity contribution in [2.24, 2.45) is 5.90 Å². The lowest BCUT2D eigenvalue weighted by Gasteiger charge is -1.97. The van der Waals surface area contributed by atoms with Crippen LogP contribution in [0.4, 0.5) is 0 Å². The summed E-state index contributed by atoms with van der Waals surface area (Å²) in [4.78, 5) is 0.0579. The van der Waals surface area contributed by atoms with Crippen molar-refractivity contribution < 1.29 is 12.7 Å². The highest BCUT2D eigenvalue weighted by Crippen LogP contribution is 2.08. The first-order chi connectivity index (χ1) is 9.10. The molecule has 0 heterocycles. The molecule has 0 aliphatic rings. The monoisotopic (exact) mass is 277 g/mol. The van der Waals surface area contributed by atoms with Crippen LogP contribution in [-0.4, -0.2) is 8.42 Å². The van der Waals surface area contributed by atoms with Crippen molar-refractivity contribution in [3.05, 3.63) is 72.8 Å². The standard InChI is InChI=1S/C8H8.C6H7NO3S/c1-2-8-6-4-3-5-7-8;7-10-11(8,9)6-4-2-1-3-5-6/h2-7H,1H2;1-5H,7H2. The second kappa shape index (κ2) is 7.48. The summed E-state index contributed by atoms with van der Waals surface area (Å²) < 4.78 is 25.5. The van der Waals surface area contributed by atoms with Crippen molar-refractivity contribution >= 4 is 16.2 Å². The van der Waals surface area contributed by atoms with Gasteiger partial charge in [-0.25, -0.2) is 0 Å². The van der Waals surface area contributed by atoms with Crippen molar-refractivity contribution in [3.8, 4) is 0 Å². The van der Waals surface area contributed by atoms with E-state index >= 15 is 0 Å². The van der Waals surface area contributed by atoms with Crippen LogP contribution in [0, 0.1) is 0 Å². The topological polar surface area (TPSA) is 69.4 Å². The molecule has 0 spiro atoms. The molecule has 0 saturated carbocycles. The summed E-state index contributed by atoms with van der Waals surface area (Å²) in [6.07, 6.45) is 1.83. The van der Waals surface area contributed by atoms with Gasteiger partial charge < -0.3 is 0 Å². The zero-order chi connectivity index (χ0) is 14.1. The number of rotatable bonds is 3. The Morgan fingerprint density at radius 1 is 0.947 bits per heavy atom. The second-order valence-corrected chi connectivity index (χ2v) is 5.05. The van der Waals surface area contributed by atoms with Gasteiger partial charge in [0.05, 0.1) is 4.90 Å². The summed E-state index contributed by atoms with van der Waals surface area (Å²) in [6.45, 7) is 3.63. The average molecular weight is 277 g/mol. The van der Waals surface area contributed by atoms with Crippen molar-refractivity contribution in [2.45, 2.75) is 4.90 Å². The van der Waals surface area contributed by atoms with E-state index in [9.17, 15) is 8.42 Å². The zero-order valence-corrected chi connectivity index (χ0v) is 11.1. The van der Waals surface area contributed by atoms with Crippen molar-refractivity contribution in [1.29, 1.82) is 0 Å². The normalized spacial score (nSPS) is 10.2. The number of nitrogens with two attached hydrogens (primary N) is 1. The minimum Gasteiger partial charge on any atom is -0.197 e. The van der Waals surface area contributed by atoms with Crippen LogP contribution < -0.4 is 5.90 Å². The Bertz CT molecular complexity index is 595. The lowest BCUT2D eigenvalue weighted by Crippen LogP contribution is -2.10. The fourth-order valence-electron chi connectivity index (χ4n) is 1.23. The molecule has 0 aromatic heterocycles. The van der Waals surface area contributed by atoms with Crippen LogP contribution in [0.5, 0.6) is 0 Å². The Morgan fingerprint density at radius 2 is 1.42 bits per heavy atom. The maximum absolute atomic E-state index is 10.9. The van der Waals surface area contributed by atoms with Gasteiger partial charge in [0.2, 0.25) is 0 Å². The summed E-state index contributed by atoms with van der Waals surface area (Å²) in [5, 5.41) is 0. The molecule has 0 saturated heterocycles. The fourth-order valence-corrected chi connectivity index (χ4v) is 1.83. The Hall–Kier alpha value is -1.95. The molecule has 19 heavy (non-hydrogen) atoms. The van der Waals surface area contributed by atoms with Crippen LogP contribution >= 0.6 is 0 Å². The van der Waals surface area contributed by atoms with Gasteiger partial charge in [0, 0.05) is 0 Å². The molecule has 0 amide bonds. The highest BCUT2D eigenvalue weighted by atomic mass is 32.2. The quantitative estimate of drug-likeness (QED) is 0.875. The first-order valence-electron chi connectivity index (χ1n) is 5.46. The van der Waals surface area contributed by atoms with Crippen LogP contribution in [0.1, 0.15) is 5.56 Å². The van der Waals surface area contributed by atoms with Gasteiger partial charge in [0.25, 0.3) is 0 Å². The minimum absolute atomic E-state index is 0.0579. The Kier molecular flexibility index (Phi) is 5.95. The van der Waals surface area contributed by atoms with Crippen LogP contribution in [0.25, 0.3) is 6.08 Å². The van der Waals surface area contributed by atoms with E-state index in [0.717, 1.165) is 0 Å². The molecule has 0 radical (unpaired) electrons. The molecule has 0 unspecified atom stereocenters. The third-order valence-corrected chi connectivity index (χ3v) is 3.30. The minimum atomic E-state index is -3.72. The highest BCUT2D eigenvalue weighted by molar-refractivity contribution is 7.86. The molecule has 2 aromatic carbocycles. The lowest BCUT2D eigenvalue weighted by molar-refractivity contribution is 0.333. The third-order valence-electron chi connectivity index (χ3n) is 2.19. The second-order valence-electron chi connectivity index (χ2n) is 3.48. The van der Waals surface area contributed by atoms with Gasteiger partial charge in [-0.2, -0.15) is 18.6 Å². The van der Waals surface area contributed by atoms with E-state index in [1.54, 1.807) is 18.2 Å². The Balaban J connectivity index is 0.000000200. The molecule has 0 aliphatic heterocycles. The summed E-state index contributed by atoms with van der Waals surface area (Å²) >= 11 is 0. The van der Waals surface area contributed by atoms with Crippen molar-refractivity contribution in [3.63, 3.8) is 0 Å². The van der Waals surface area contributed by atoms with E-state index in [2.05, 4.69) is 16.8 Å². The molecule has 2 rings (SSSR count). The first kappa shape index (κ1) is 15.1. The number of hydrogen-bond acceptors (Lipinski definition) is 4. The van der Waals surface area contributed by atoms with Gasteiger partial charge in [-0.05, 0) is 17.7 Å². The van der Waals surface area contributed by atoms with Gasteiger partial charge in [0.1, 0.15) is 0 Å².